The van der Waals surface area contributed by atoms with Gasteiger partial charge >= 0.3 is 0 Å². The average Bonchev–Trinajstić information content (AvgIpc) is 3.16. The van der Waals surface area contributed by atoms with Gasteiger partial charge in [-0.1, -0.05) is 23.4 Å². The summed E-state index contributed by atoms with van der Waals surface area (Å²) in [5.41, 5.74) is 0. The quantitative estimate of drug-likeness (QED) is 0.710. The zero-order valence-electron chi connectivity index (χ0n) is 12.3. The normalized spacial score (nSPS) is 16.2. The van der Waals surface area contributed by atoms with Crippen LogP contribution < -0.4 is 0 Å². The molecule has 2 aromatic heterocycles. The number of halogens is 1. The molecule has 1 aliphatic rings. The minimum absolute atomic E-state index is 0.173. The molecule has 6 nitrogen and oxygen atoms in total. The molecule has 3 heterocycles. The van der Waals surface area contributed by atoms with Crippen molar-refractivity contribution in [1.29, 1.82) is 0 Å². The summed E-state index contributed by atoms with van der Waals surface area (Å²) >= 11 is 1.50. The van der Waals surface area contributed by atoms with E-state index >= 15 is 0 Å². The van der Waals surface area contributed by atoms with Crippen molar-refractivity contribution in [2.75, 3.05) is 13.1 Å². The molecular weight excluding hydrogens is 353 g/mol. The summed E-state index contributed by atoms with van der Waals surface area (Å²) in [5, 5.41) is 5.83. The molecule has 0 radical (unpaired) electrons. The van der Waals surface area contributed by atoms with Gasteiger partial charge in [-0.2, -0.15) is 9.29 Å². The first kappa shape index (κ1) is 15.4. The molecule has 124 valence electrons. The third-order valence-corrected chi connectivity index (χ3v) is 6.57. The van der Waals surface area contributed by atoms with E-state index in [-0.39, 0.29) is 23.9 Å². The molecule has 0 bridgehead atoms. The average molecular weight is 365 g/mol. The third-order valence-electron chi connectivity index (χ3n) is 3.84. The summed E-state index contributed by atoms with van der Waals surface area (Å²) in [7, 11) is -3.84. The first-order valence-corrected chi connectivity index (χ1v) is 9.50. The number of aromatic nitrogens is 2. The maximum Gasteiger partial charge on any atom is 0.246 e. The number of sulfonamides is 1. The van der Waals surface area contributed by atoms with E-state index in [1.54, 1.807) is 0 Å². The summed E-state index contributed by atoms with van der Waals surface area (Å²) in [6.07, 6.45) is 0. The van der Waals surface area contributed by atoms with E-state index in [1.807, 2.05) is 17.5 Å². The van der Waals surface area contributed by atoms with Gasteiger partial charge in [0, 0.05) is 13.1 Å². The Morgan fingerprint density at radius 1 is 1.21 bits per heavy atom. The van der Waals surface area contributed by atoms with Crippen molar-refractivity contribution >= 4 is 21.4 Å². The highest BCUT2D eigenvalue weighted by Crippen LogP contribution is 2.33. The van der Waals surface area contributed by atoms with Gasteiger partial charge in [-0.25, -0.2) is 12.8 Å². The molecule has 3 aromatic rings. The molecule has 0 spiro atoms. The van der Waals surface area contributed by atoms with Crippen molar-refractivity contribution in [2.45, 2.75) is 10.8 Å². The maximum absolute atomic E-state index is 13.7. The third kappa shape index (κ3) is 2.54. The molecule has 0 atom stereocenters. The number of rotatable bonds is 4. The van der Waals surface area contributed by atoms with E-state index in [0.717, 1.165) is 10.9 Å². The van der Waals surface area contributed by atoms with E-state index in [9.17, 15) is 12.8 Å². The highest BCUT2D eigenvalue weighted by Gasteiger charge is 2.41. The van der Waals surface area contributed by atoms with Gasteiger partial charge in [-0.15, -0.1) is 11.3 Å². The van der Waals surface area contributed by atoms with E-state index in [2.05, 4.69) is 10.1 Å². The van der Waals surface area contributed by atoms with Crippen molar-refractivity contribution in [3.63, 3.8) is 0 Å². The SMILES string of the molecule is O=S(=O)(c1ccccc1F)N1CC(c2nc(-c3cccs3)no2)C1. The van der Waals surface area contributed by atoms with Crippen LogP contribution in [0.3, 0.4) is 0 Å². The molecule has 0 aliphatic carbocycles. The second-order valence-electron chi connectivity index (χ2n) is 5.38. The van der Waals surface area contributed by atoms with Gasteiger partial charge in [0.25, 0.3) is 0 Å². The molecule has 1 aliphatic heterocycles. The van der Waals surface area contributed by atoms with Gasteiger partial charge in [0.1, 0.15) is 10.7 Å². The highest BCUT2D eigenvalue weighted by atomic mass is 32.2. The summed E-state index contributed by atoms with van der Waals surface area (Å²) in [4.78, 5) is 4.90. The van der Waals surface area contributed by atoms with Crippen molar-refractivity contribution in [1.82, 2.24) is 14.4 Å². The smallest absolute Gasteiger partial charge is 0.246 e. The zero-order valence-corrected chi connectivity index (χ0v) is 13.9. The van der Waals surface area contributed by atoms with Gasteiger partial charge in [-0.3, -0.25) is 0 Å². The Hall–Kier alpha value is -2.10. The molecule has 1 saturated heterocycles. The first-order valence-electron chi connectivity index (χ1n) is 7.18. The lowest BCUT2D eigenvalue weighted by atomic mass is 10.0. The highest BCUT2D eigenvalue weighted by molar-refractivity contribution is 7.89. The molecule has 24 heavy (non-hydrogen) atoms. The summed E-state index contributed by atoms with van der Waals surface area (Å²) in [5.74, 6) is -0.0275. The Morgan fingerprint density at radius 2 is 2.00 bits per heavy atom. The fraction of sp³-hybridized carbons (Fsp3) is 0.200. The van der Waals surface area contributed by atoms with Gasteiger partial charge in [0.05, 0.1) is 10.8 Å². The van der Waals surface area contributed by atoms with E-state index in [1.165, 1.54) is 33.8 Å². The lowest BCUT2D eigenvalue weighted by Crippen LogP contribution is -2.48. The molecule has 1 fully saturated rings. The molecule has 9 heteroatoms. The fourth-order valence-corrected chi connectivity index (χ4v) is 4.74. The van der Waals surface area contributed by atoms with Crippen molar-refractivity contribution in [3.8, 4) is 10.7 Å². The molecule has 0 unspecified atom stereocenters. The van der Waals surface area contributed by atoms with E-state index in [4.69, 9.17) is 4.52 Å². The maximum atomic E-state index is 13.7. The Balaban J connectivity index is 1.50. The van der Waals surface area contributed by atoms with E-state index < -0.39 is 15.8 Å². The molecule has 0 saturated carbocycles. The van der Waals surface area contributed by atoms with Crippen molar-refractivity contribution < 1.29 is 17.3 Å². The topological polar surface area (TPSA) is 76.3 Å². The van der Waals surface area contributed by atoms with Crippen LogP contribution in [0.15, 0.2) is 51.2 Å². The molecular formula is C15H12FN3O3S2. The fourth-order valence-electron chi connectivity index (χ4n) is 2.49. The lowest BCUT2D eigenvalue weighted by molar-refractivity contribution is 0.216. The summed E-state index contributed by atoms with van der Waals surface area (Å²) < 4.78 is 45.0. The standard InChI is InChI=1S/C15H12FN3O3S2/c16-11-4-1-2-6-13(11)24(20,21)19-8-10(9-19)15-17-14(18-22-15)12-5-3-7-23-12/h1-7,10H,8-9H2. The van der Waals surface area contributed by atoms with Crippen molar-refractivity contribution in [2.24, 2.45) is 0 Å². The van der Waals surface area contributed by atoms with Gasteiger partial charge in [-0.05, 0) is 23.6 Å². The first-order chi connectivity index (χ1) is 11.6. The number of thiophene rings is 1. The predicted octanol–water partition coefficient (Wildman–Crippen LogP) is 2.73. The van der Waals surface area contributed by atoms with Crippen LogP contribution in [-0.2, 0) is 10.0 Å². The van der Waals surface area contributed by atoms with Crippen LogP contribution in [0.4, 0.5) is 4.39 Å². The Kier molecular flexibility index (Phi) is 3.70. The van der Waals surface area contributed by atoms with Crippen LogP contribution in [0.25, 0.3) is 10.7 Å². The number of benzene rings is 1. The van der Waals surface area contributed by atoms with Crippen LogP contribution >= 0.6 is 11.3 Å². The Labute approximate surface area is 141 Å². The Bertz CT molecular complexity index is 964. The van der Waals surface area contributed by atoms with Gasteiger partial charge in [0.15, 0.2) is 0 Å². The monoisotopic (exact) mass is 365 g/mol. The summed E-state index contributed by atoms with van der Waals surface area (Å²) in [6.45, 7) is 0.394. The second-order valence-corrected chi connectivity index (χ2v) is 8.24. The number of hydrogen-bond donors (Lipinski definition) is 0. The zero-order chi connectivity index (χ0) is 16.7. The molecule has 0 amide bonds. The van der Waals surface area contributed by atoms with Crippen LogP contribution in [0.5, 0.6) is 0 Å². The molecule has 0 N–H and O–H groups in total. The van der Waals surface area contributed by atoms with Gasteiger partial charge < -0.3 is 4.52 Å². The molecule has 4 rings (SSSR count). The minimum atomic E-state index is -3.84. The van der Waals surface area contributed by atoms with Crippen LogP contribution in [0.1, 0.15) is 11.8 Å². The summed E-state index contributed by atoms with van der Waals surface area (Å²) in [6, 6.07) is 9.13. The van der Waals surface area contributed by atoms with Crippen molar-refractivity contribution in [3.05, 3.63) is 53.5 Å². The minimum Gasteiger partial charge on any atom is -0.339 e. The largest absolute Gasteiger partial charge is 0.339 e. The van der Waals surface area contributed by atoms with Crippen LogP contribution in [-0.4, -0.2) is 36.0 Å². The van der Waals surface area contributed by atoms with Crippen LogP contribution in [0.2, 0.25) is 0 Å². The number of hydrogen-bond acceptors (Lipinski definition) is 6. The van der Waals surface area contributed by atoms with E-state index in [0.29, 0.717) is 11.7 Å². The lowest BCUT2D eigenvalue weighted by Gasteiger charge is -2.35. The number of nitrogens with zero attached hydrogens (tertiary/aromatic N) is 3. The predicted molar refractivity (Wildman–Crippen MR) is 85.5 cm³/mol. The molecule has 1 aromatic carbocycles. The van der Waals surface area contributed by atoms with Gasteiger partial charge in [0.2, 0.25) is 21.7 Å². The second kappa shape index (κ2) is 5.76. The Morgan fingerprint density at radius 3 is 2.71 bits per heavy atom. The van der Waals surface area contributed by atoms with Crippen LogP contribution in [0, 0.1) is 5.82 Å².